The predicted molar refractivity (Wildman–Crippen MR) is 86.6 cm³/mol. The zero-order chi connectivity index (χ0) is 14.5. The first-order valence-corrected chi connectivity index (χ1v) is 8.08. The molecule has 2 heteroatoms. The van der Waals surface area contributed by atoms with E-state index in [9.17, 15) is 0 Å². The van der Waals surface area contributed by atoms with Crippen LogP contribution in [0, 0.1) is 11.8 Å². The van der Waals surface area contributed by atoms with Crippen LogP contribution >= 0.6 is 0 Å². The lowest BCUT2D eigenvalue weighted by atomic mass is 9.95. The highest BCUT2D eigenvalue weighted by molar-refractivity contribution is 5.27. The monoisotopic (exact) mass is 274 g/mol. The molecule has 1 unspecified atom stereocenters. The largest absolute Gasteiger partial charge is 0.310 e. The molecule has 112 valence electrons. The van der Waals surface area contributed by atoms with Gasteiger partial charge in [-0.2, -0.15) is 0 Å². The van der Waals surface area contributed by atoms with E-state index in [2.05, 4.69) is 62.2 Å². The highest BCUT2D eigenvalue weighted by atomic mass is 15.1. The van der Waals surface area contributed by atoms with E-state index < -0.39 is 0 Å². The average Bonchev–Trinajstić information content (AvgIpc) is 2.86. The van der Waals surface area contributed by atoms with E-state index in [0.29, 0.717) is 6.04 Å². The molecule has 1 aromatic carbocycles. The van der Waals surface area contributed by atoms with Crippen LogP contribution in [0.4, 0.5) is 0 Å². The summed E-state index contributed by atoms with van der Waals surface area (Å²) in [6, 6.07) is 9.42. The van der Waals surface area contributed by atoms with Crippen molar-refractivity contribution < 1.29 is 0 Å². The number of hydrogen-bond donors (Lipinski definition) is 1. The molecular weight excluding hydrogens is 244 g/mol. The van der Waals surface area contributed by atoms with Crippen LogP contribution in [0.1, 0.15) is 45.2 Å². The van der Waals surface area contributed by atoms with Gasteiger partial charge in [0, 0.05) is 25.7 Å². The predicted octanol–water partition coefficient (Wildman–Crippen LogP) is 3.66. The summed E-state index contributed by atoms with van der Waals surface area (Å²) in [5.41, 5.74) is 2.94. The third kappa shape index (κ3) is 4.32. The summed E-state index contributed by atoms with van der Waals surface area (Å²) < 4.78 is 0. The second kappa shape index (κ2) is 7.24. The number of likely N-dealkylation sites (tertiary alicyclic amines) is 1. The van der Waals surface area contributed by atoms with Gasteiger partial charge in [0.25, 0.3) is 0 Å². The fourth-order valence-electron chi connectivity index (χ4n) is 2.99. The van der Waals surface area contributed by atoms with E-state index >= 15 is 0 Å². The number of nitrogens with one attached hydrogen (secondary N) is 1. The molecular formula is C18H30N2. The van der Waals surface area contributed by atoms with Gasteiger partial charge in [-0.25, -0.2) is 0 Å². The van der Waals surface area contributed by atoms with Crippen molar-refractivity contribution in [2.45, 2.75) is 53.2 Å². The molecule has 1 aliphatic heterocycles. The maximum absolute atomic E-state index is 3.54. The molecule has 0 saturated carbocycles. The summed E-state index contributed by atoms with van der Waals surface area (Å²) in [5.74, 6) is 1.70. The van der Waals surface area contributed by atoms with Crippen molar-refractivity contribution in [2.75, 3.05) is 13.1 Å². The molecule has 0 bridgehead atoms. The molecule has 1 atom stereocenters. The minimum Gasteiger partial charge on any atom is -0.310 e. The Bertz CT molecular complexity index is 412. The van der Waals surface area contributed by atoms with Gasteiger partial charge >= 0.3 is 0 Å². The van der Waals surface area contributed by atoms with Crippen LogP contribution in [0.2, 0.25) is 0 Å². The SMILES string of the molecule is CC(C)NCc1ccccc1CN1CCC(C(C)C)C1. The van der Waals surface area contributed by atoms with E-state index in [1.165, 1.54) is 30.6 Å². The molecule has 2 nitrogen and oxygen atoms in total. The average molecular weight is 274 g/mol. The maximum Gasteiger partial charge on any atom is 0.0237 e. The van der Waals surface area contributed by atoms with Crippen LogP contribution < -0.4 is 5.32 Å². The first-order chi connectivity index (χ1) is 9.56. The van der Waals surface area contributed by atoms with Crippen LogP contribution in [-0.2, 0) is 13.1 Å². The Labute approximate surface area is 124 Å². The van der Waals surface area contributed by atoms with Gasteiger partial charge in [-0.05, 0) is 35.9 Å². The van der Waals surface area contributed by atoms with E-state index in [0.717, 1.165) is 24.9 Å². The standard InChI is InChI=1S/C18H30N2/c1-14(2)17-9-10-20(12-17)13-18-8-6-5-7-16(18)11-19-15(3)4/h5-8,14-15,17,19H,9-13H2,1-4H3. The van der Waals surface area contributed by atoms with Gasteiger partial charge in [0.2, 0.25) is 0 Å². The molecule has 2 rings (SSSR count). The lowest BCUT2D eigenvalue weighted by molar-refractivity contribution is 0.296. The topological polar surface area (TPSA) is 15.3 Å². The summed E-state index contributed by atoms with van der Waals surface area (Å²) >= 11 is 0. The lowest BCUT2D eigenvalue weighted by Gasteiger charge is -2.20. The zero-order valence-electron chi connectivity index (χ0n) is 13.5. The number of hydrogen-bond acceptors (Lipinski definition) is 2. The van der Waals surface area contributed by atoms with Gasteiger partial charge in [-0.3, -0.25) is 4.90 Å². The van der Waals surface area contributed by atoms with Crippen molar-refractivity contribution in [2.24, 2.45) is 11.8 Å². The quantitative estimate of drug-likeness (QED) is 0.851. The van der Waals surface area contributed by atoms with Gasteiger partial charge in [0.15, 0.2) is 0 Å². The molecule has 1 aromatic rings. The number of benzene rings is 1. The number of rotatable bonds is 6. The van der Waals surface area contributed by atoms with Crippen molar-refractivity contribution in [1.29, 1.82) is 0 Å². The molecule has 1 aliphatic rings. The number of nitrogens with zero attached hydrogens (tertiary/aromatic N) is 1. The van der Waals surface area contributed by atoms with Crippen LogP contribution in [-0.4, -0.2) is 24.0 Å². The Balaban J connectivity index is 1.95. The van der Waals surface area contributed by atoms with Crippen LogP contribution in [0.5, 0.6) is 0 Å². The highest BCUT2D eigenvalue weighted by Gasteiger charge is 2.24. The second-order valence-corrected chi connectivity index (χ2v) is 6.83. The Morgan fingerprint density at radius 2 is 1.85 bits per heavy atom. The van der Waals surface area contributed by atoms with E-state index in [1.54, 1.807) is 0 Å². The minimum atomic E-state index is 0.542. The van der Waals surface area contributed by atoms with E-state index in [1.807, 2.05) is 0 Å². The first-order valence-electron chi connectivity index (χ1n) is 8.08. The second-order valence-electron chi connectivity index (χ2n) is 6.83. The van der Waals surface area contributed by atoms with Crippen molar-refractivity contribution in [3.8, 4) is 0 Å². The molecule has 20 heavy (non-hydrogen) atoms. The summed E-state index contributed by atoms with van der Waals surface area (Å²) in [4.78, 5) is 2.62. The van der Waals surface area contributed by atoms with E-state index in [-0.39, 0.29) is 0 Å². The van der Waals surface area contributed by atoms with Crippen LogP contribution in [0.15, 0.2) is 24.3 Å². The molecule has 1 fully saturated rings. The summed E-state index contributed by atoms with van der Waals surface area (Å²) in [6.45, 7) is 13.7. The molecule has 1 N–H and O–H groups in total. The minimum absolute atomic E-state index is 0.542. The summed E-state index contributed by atoms with van der Waals surface area (Å²) in [7, 11) is 0. The van der Waals surface area contributed by atoms with Crippen molar-refractivity contribution >= 4 is 0 Å². The Morgan fingerprint density at radius 1 is 1.15 bits per heavy atom. The molecule has 0 aliphatic carbocycles. The molecule has 0 spiro atoms. The van der Waals surface area contributed by atoms with Gasteiger partial charge in [0.1, 0.15) is 0 Å². The normalized spacial score (nSPS) is 20.2. The molecule has 1 saturated heterocycles. The summed E-state index contributed by atoms with van der Waals surface area (Å²) in [6.07, 6.45) is 1.37. The fourth-order valence-corrected chi connectivity index (χ4v) is 2.99. The third-order valence-electron chi connectivity index (χ3n) is 4.46. The van der Waals surface area contributed by atoms with Crippen LogP contribution in [0.3, 0.4) is 0 Å². The third-order valence-corrected chi connectivity index (χ3v) is 4.46. The summed E-state index contributed by atoms with van der Waals surface area (Å²) in [5, 5.41) is 3.54. The zero-order valence-corrected chi connectivity index (χ0v) is 13.5. The Morgan fingerprint density at radius 3 is 2.45 bits per heavy atom. The maximum atomic E-state index is 3.54. The van der Waals surface area contributed by atoms with Gasteiger partial charge in [0.05, 0.1) is 0 Å². The molecule has 1 heterocycles. The van der Waals surface area contributed by atoms with Crippen LogP contribution in [0.25, 0.3) is 0 Å². The lowest BCUT2D eigenvalue weighted by Crippen LogP contribution is -2.25. The Kier molecular flexibility index (Phi) is 5.62. The van der Waals surface area contributed by atoms with E-state index in [4.69, 9.17) is 0 Å². The first kappa shape index (κ1) is 15.5. The smallest absolute Gasteiger partial charge is 0.0237 e. The Hall–Kier alpha value is -0.860. The molecule has 0 radical (unpaired) electrons. The fraction of sp³-hybridized carbons (Fsp3) is 0.667. The molecule has 0 amide bonds. The van der Waals surface area contributed by atoms with Crippen molar-refractivity contribution in [1.82, 2.24) is 10.2 Å². The van der Waals surface area contributed by atoms with Gasteiger partial charge < -0.3 is 5.32 Å². The molecule has 0 aromatic heterocycles. The van der Waals surface area contributed by atoms with Gasteiger partial charge in [-0.15, -0.1) is 0 Å². The van der Waals surface area contributed by atoms with Crippen molar-refractivity contribution in [3.63, 3.8) is 0 Å². The highest BCUT2D eigenvalue weighted by Crippen LogP contribution is 2.25. The van der Waals surface area contributed by atoms with Crippen molar-refractivity contribution in [3.05, 3.63) is 35.4 Å². The van der Waals surface area contributed by atoms with Gasteiger partial charge in [-0.1, -0.05) is 52.0 Å².